The van der Waals surface area contributed by atoms with Gasteiger partial charge in [0, 0.05) is 17.6 Å². The Balaban J connectivity index is 1.91. The number of rotatable bonds is 5. The molecule has 4 heteroatoms. The molecule has 1 heterocycles. The molecule has 0 aliphatic heterocycles. The Hall–Kier alpha value is -0.870. The molecule has 2 N–H and O–H groups in total. The van der Waals surface area contributed by atoms with E-state index in [1.165, 1.54) is 5.56 Å². The van der Waals surface area contributed by atoms with Crippen molar-refractivity contribution < 1.29 is 5.11 Å². The van der Waals surface area contributed by atoms with Gasteiger partial charge in [-0.15, -0.1) is 0 Å². The Morgan fingerprint density at radius 3 is 2.61 bits per heavy atom. The van der Waals surface area contributed by atoms with Crippen molar-refractivity contribution >= 4 is 22.9 Å². The Bertz CT molecular complexity index is 469. The summed E-state index contributed by atoms with van der Waals surface area (Å²) in [7, 11) is 0. The molecule has 0 saturated carbocycles. The van der Waals surface area contributed by atoms with Crippen LogP contribution in [0.4, 0.5) is 0 Å². The quantitative estimate of drug-likeness (QED) is 0.877. The van der Waals surface area contributed by atoms with E-state index in [-0.39, 0.29) is 6.04 Å². The van der Waals surface area contributed by atoms with Crippen molar-refractivity contribution in [3.63, 3.8) is 0 Å². The van der Waals surface area contributed by atoms with E-state index >= 15 is 0 Å². The average molecular weight is 282 g/mol. The first-order valence-corrected chi connectivity index (χ1v) is 7.17. The maximum atomic E-state index is 10.2. The highest BCUT2D eigenvalue weighted by molar-refractivity contribution is 7.07. The average Bonchev–Trinajstić information content (AvgIpc) is 2.89. The third-order valence-electron chi connectivity index (χ3n) is 2.89. The number of nitrogens with one attached hydrogen (secondary N) is 1. The summed E-state index contributed by atoms with van der Waals surface area (Å²) in [5.74, 6) is 0. The minimum absolute atomic E-state index is 0.00826. The molecule has 0 saturated heterocycles. The molecule has 2 rings (SSSR count). The third kappa shape index (κ3) is 3.56. The summed E-state index contributed by atoms with van der Waals surface area (Å²) in [6.45, 7) is 2.75. The summed E-state index contributed by atoms with van der Waals surface area (Å²) in [5, 5.41) is 18.4. The van der Waals surface area contributed by atoms with Crippen LogP contribution in [0.3, 0.4) is 0 Å². The smallest absolute Gasteiger partial charge is 0.0940 e. The number of hydrogen-bond acceptors (Lipinski definition) is 3. The van der Waals surface area contributed by atoms with E-state index in [9.17, 15) is 5.11 Å². The molecule has 18 heavy (non-hydrogen) atoms. The van der Waals surface area contributed by atoms with Crippen LogP contribution >= 0.6 is 22.9 Å². The number of halogens is 1. The highest BCUT2D eigenvalue weighted by Crippen LogP contribution is 2.19. The summed E-state index contributed by atoms with van der Waals surface area (Å²) in [5.41, 5.74) is 2.12. The Morgan fingerprint density at radius 2 is 2.00 bits per heavy atom. The molecule has 0 spiro atoms. The van der Waals surface area contributed by atoms with E-state index in [0.29, 0.717) is 5.02 Å². The summed E-state index contributed by atoms with van der Waals surface area (Å²) in [6, 6.07) is 9.38. The fourth-order valence-electron chi connectivity index (χ4n) is 1.73. The number of thiophene rings is 1. The number of hydrogen-bond donors (Lipinski definition) is 2. The molecule has 2 atom stereocenters. The molecular weight excluding hydrogens is 266 g/mol. The third-order valence-corrected chi connectivity index (χ3v) is 3.88. The van der Waals surface area contributed by atoms with Crippen LogP contribution in [-0.4, -0.2) is 11.1 Å². The second-order valence-electron chi connectivity index (χ2n) is 4.30. The molecule has 0 amide bonds. The minimum Gasteiger partial charge on any atom is -0.387 e. The lowest BCUT2D eigenvalue weighted by Crippen LogP contribution is -2.31. The van der Waals surface area contributed by atoms with Gasteiger partial charge in [-0.25, -0.2) is 0 Å². The monoisotopic (exact) mass is 281 g/mol. The van der Waals surface area contributed by atoms with Crippen molar-refractivity contribution in [1.29, 1.82) is 0 Å². The van der Waals surface area contributed by atoms with Crippen LogP contribution in [-0.2, 0) is 6.54 Å². The molecule has 96 valence electrons. The maximum absolute atomic E-state index is 10.2. The van der Waals surface area contributed by atoms with Crippen molar-refractivity contribution in [2.75, 3.05) is 0 Å². The largest absolute Gasteiger partial charge is 0.387 e. The lowest BCUT2D eigenvalue weighted by Gasteiger charge is -2.20. The normalized spacial score (nSPS) is 14.4. The van der Waals surface area contributed by atoms with Crippen LogP contribution < -0.4 is 5.32 Å². The lowest BCUT2D eigenvalue weighted by atomic mass is 10.0. The van der Waals surface area contributed by atoms with Crippen LogP contribution in [0.2, 0.25) is 5.02 Å². The van der Waals surface area contributed by atoms with Gasteiger partial charge < -0.3 is 10.4 Å². The molecule has 2 aromatic rings. The molecular formula is C14H16ClNOS. The second kappa shape index (κ2) is 6.34. The standard InChI is InChI=1S/C14H16ClNOS/c1-10(16-8-11-6-7-18-9-11)14(17)12-2-4-13(15)5-3-12/h2-7,9-10,14,16-17H,8H2,1H3. The molecule has 0 radical (unpaired) electrons. The van der Waals surface area contributed by atoms with Crippen molar-refractivity contribution in [1.82, 2.24) is 5.32 Å². The second-order valence-corrected chi connectivity index (χ2v) is 5.51. The summed E-state index contributed by atoms with van der Waals surface area (Å²) >= 11 is 7.51. The predicted molar refractivity (Wildman–Crippen MR) is 77.0 cm³/mol. The molecule has 0 fully saturated rings. The predicted octanol–water partition coefficient (Wildman–Crippen LogP) is 3.61. The van der Waals surface area contributed by atoms with E-state index in [1.807, 2.05) is 19.1 Å². The SMILES string of the molecule is CC(NCc1ccsc1)C(O)c1ccc(Cl)cc1. The van der Waals surface area contributed by atoms with E-state index in [1.54, 1.807) is 23.5 Å². The van der Waals surface area contributed by atoms with Gasteiger partial charge in [0.15, 0.2) is 0 Å². The van der Waals surface area contributed by atoms with Crippen molar-refractivity contribution in [2.45, 2.75) is 25.6 Å². The van der Waals surface area contributed by atoms with E-state index < -0.39 is 6.10 Å². The number of aliphatic hydroxyl groups is 1. The topological polar surface area (TPSA) is 32.3 Å². The first kappa shape index (κ1) is 13.6. The first-order valence-electron chi connectivity index (χ1n) is 5.85. The van der Waals surface area contributed by atoms with Gasteiger partial charge in [-0.1, -0.05) is 23.7 Å². The Labute approximate surface area is 116 Å². The van der Waals surface area contributed by atoms with Crippen LogP contribution in [0.15, 0.2) is 41.1 Å². The van der Waals surface area contributed by atoms with Crippen molar-refractivity contribution in [3.8, 4) is 0 Å². The molecule has 2 unspecified atom stereocenters. The molecule has 2 nitrogen and oxygen atoms in total. The number of aliphatic hydroxyl groups excluding tert-OH is 1. The van der Waals surface area contributed by atoms with Crippen LogP contribution in [0, 0.1) is 0 Å². The fourth-order valence-corrected chi connectivity index (χ4v) is 2.53. The molecule has 0 aliphatic carbocycles. The zero-order valence-electron chi connectivity index (χ0n) is 10.1. The van der Waals surface area contributed by atoms with Crippen LogP contribution in [0.25, 0.3) is 0 Å². The molecule has 1 aromatic carbocycles. The van der Waals surface area contributed by atoms with Crippen molar-refractivity contribution in [2.24, 2.45) is 0 Å². The van der Waals surface area contributed by atoms with Gasteiger partial charge in [0.25, 0.3) is 0 Å². The van der Waals surface area contributed by atoms with Gasteiger partial charge in [0.05, 0.1) is 6.10 Å². The minimum atomic E-state index is -0.527. The van der Waals surface area contributed by atoms with Crippen molar-refractivity contribution in [3.05, 3.63) is 57.2 Å². The van der Waals surface area contributed by atoms with Gasteiger partial charge in [0.2, 0.25) is 0 Å². The van der Waals surface area contributed by atoms with Gasteiger partial charge in [-0.3, -0.25) is 0 Å². The zero-order chi connectivity index (χ0) is 13.0. The maximum Gasteiger partial charge on any atom is 0.0940 e. The fraction of sp³-hybridized carbons (Fsp3) is 0.286. The summed E-state index contributed by atoms with van der Waals surface area (Å²) < 4.78 is 0. The Kier molecular flexibility index (Phi) is 4.78. The number of benzene rings is 1. The summed E-state index contributed by atoms with van der Waals surface area (Å²) in [6.07, 6.45) is -0.527. The molecule has 0 aliphatic rings. The first-order chi connectivity index (χ1) is 8.66. The molecule has 0 bridgehead atoms. The van der Waals surface area contributed by atoms with Gasteiger partial charge in [0.1, 0.15) is 0 Å². The van der Waals surface area contributed by atoms with E-state index in [4.69, 9.17) is 11.6 Å². The summed E-state index contributed by atoms with van der Waals surface area (Å²) in [4.78, 5) is 0. The van der Waals surface area contributed by atoms with E-state index in [2.05, 4.69) is 22.1 Å². The highest BCUT2D eigenvalue weighted by atomic mass is 35.5. The van der Waals surface area contributed by atoms with Crippen LogP contribution in [0.1, 0.15) is 24.2 Å². The zero-order valence-corrected chi connectivity index (χ0v) is 11.7. The lowest BCUT2D eigenvalue weighted by molar-refractivity contribution is 0.135. The van der Waals surface area contributed by atoms with Gasteiger partial charge in [-0.2, -0.15) is 11.3 Å². The van der Waals surface area contributed by atoms with E-state index in [0.717, 1.165) is 12.1 Å². The van der Waals surface area contributed by atoms with Gasteiger partial charge >= 0.3 is 0 Å². The Morgan fingerprint density at radius 1 is 1.28 bits per heavy atom. The molecule has 1 aromatic heterocycles. The van der Waals surface area contributed by atoms with Gasteiger partial charge in [-0.05, 0) is 47.0 Å². The highest BCUT2D eigenvalue weighted by Gasteiger charge is 2.15. The van der Waals surface area contributed by atoms with Crippen LogP contribution in [0.5, 0.6) is 0 Å².